The summed E-state index contributed by atoms with van der Waals surface area (Å²) in [5.41, 5.74) is 1.51. The first-order valence-electron chi connectivity index (χ1n) is 5.89. The van der Waals surface area contributed by atoms with Gasteiger partial charge in [-0.1, -0.05) is 17.7 Å². The Bertz CT molecular complexity index is 450. The summed E-state index contributed by atoms with van der Waals surface area (Å²) in [4.78, 5) is 14.1. The number of hydrogen-bond donors (Lipinski definition) is 1. The third-order valence-electron chi connectivity index (χ3n) is 3.06. The second-order valence-corrected chi connectivity index (χ2v) is 4.82. The third-order valence-corrected chi connectivity index (χ3v) is 3.29. The molecule has 1 aromatic rings. The van der Waals surface area contributed by atoms with Gasteiger partial charge >= 0.3 is 0 Å². The highest BCUT2D eigenvalue weighted by molar-refractivity contribution is 6.31. The number of hydrogen-bond acceptors (Lipinski definition) is 3. The van der Waals surface area contributed by atoms with E-state index < -0.39 is 0 Å². The van der Waals surface area contributed by atoms with Crippen molar-refractivity contribution in [2.24, 2.45) is 0 Å². The smallest absolute Gasteiger partial charge is 0.254 e. The summed E-state index contributed by atoms with van der Waals surface area (Å²) < 4.78 is 5.33. The van der Waals surface area contributed by atoms with Gasteiger partial charge in [0.25, 0.3) is 5.91 Å². The molecule has 0 radical (unpaired) electrons. The number of morpholine rings is 1. The molecule has 1 N–H and O–H groups in total. The quantitative estimate of drug-likeness (QED) is 0.885. The first kappa shape index (κ1) is 13.3. The first-order valence-corrected chi connectivity index (χ1v) is 6.27. The number of aryl methyl sites for hydroxylation is 1. The number of carbonyl (C=O) groups excluding carboxylic acids is 1. The van der Waals surface area contributed by atoms with E-state index in [-0.39, 0.29) is 18.6 Å². The lowest BCUT2D eigenvalue weighted by molar-refractivity contribution is -0.0447. The van der Waals surface area contributed by atoms with Gasteiger partial charge in [-0.25, -0.2) is 0 Å². The SMILES string of the molecule is Cc1ccc(Cl)cc1C(=O)N1CCOC(CO)C1. The van der Waals surface area contributed by atoms with Crippen LogP contribution in [0.1, 0.15) is 15.9 Å². The van der Waals surface area contributed by atoms with Crippen molar-refractivity contribution in [3.63, 3.8) is 0 Å². The average Bonchev–Trinajstić information content (AvgIpc) is 2.41. The molecule has 1 atom stereocenters. The number of ether oxygens (including phenoxy) is 1. The molecular formula is C13H16ClNO3. The van der Waals surface area contributed by atoms with Crippen LogP contribution in [-0.2, 0) is 4.74 Å². The largest absolute Gasteiger partial charge is 0.394 e. The number of nitrogens with zero attached hydrogens (tertiary/aromatic N) is 1. The van der Waals surface area contributed by atoms with E-state index in [4.69, 9.17) is 21.4 Å². The van der Waals surface area contributed by atoms with E-state index in [1.807, 2.05) is 13.0 Å². The summed E-state index contributed by atoms with van der Waals surface area (Å²) >= 11 is 5.92. The molecule has 18 heavy (non-hydrogen) atoms. The Balaban J connectivity index is 2.17. The van der Waals surface area contributed by atoms with Crippen molar-refractivity contribution >= 4 is 17.5 Å². The molecule has 0 saturated carbocycles. The molecule has 1 amide bonds. The Hall–Kier alpha value is -1.10. The van der Waals surface area contributed by atoms with E-state index in [0.29, 0.717) is 30.3 Å². The molecule has 1 aliphatic heterocycles. The standard InChI is InChI=1S/C13H16ClNO3/c1-9-2-3-10(14)6-12(9)13(17)15-4-5-18-11(7-15)8-16/h2-3,6,11,16H,4-5,7-8H2,1H3. The second kappa shape index (κ2) is 5.69. The average molecular weight is 270 g/mol. The van der Waals surface area contributed by atoms with E-state index in [0.717, 1.165) is 5.56 Å². The zero-order valence-electron chi connectivity index (χ0n) is 10.2. The van der Waals surface area contributed by atoms with Crippen LogP contribution in [0, 0.1) is 6.92 Å². The van der Waals surface area contributed by atoms with Crippen molar-refractivity contribution in [2.45, 2.75) is 13.0 Å². The fraction of sp³-hybridized carbons (Fsp3) is 0.462. The molecule has 1 unspecified atom stereocenters. The van der Waals surface area contributed by atoms with Gasteiger partial charge in [0.1, 0.15) is 0 Å². The Morgan fingerprint density at radius 2 is 2.39 bits per heavy atom. The number of aliphatic hydroxyl groups is 1. The Morgan fingerprint density at radius 1 is 1.61 bits per heavy atom. The molecule has 0 aromatic heterocycles. The summed E-state index contributed by atoms with van der Waals surface area (Å²) in [5, 5.41) is 9.63. The van der Waals surface area contributed by atoms with Gasteiger partial charge in [0, 0.05) is 23.7 Å². The van der Waals surface area contributed by atoms with Crippen molar-refractivity contribution in [3.8, 4) is 0 Å². The fourth-order valence-electron chi connectivity index (χ4n) is 2.01. The van der Waals surface area contributed by atoms with Crippen LogP contribution in [0.2, 0.25) is 5.02 Å². The predicted octanol–water partition coefficient (Wildman–Crippen LogP) is 1.48. The van der Waals surface area contributed by atoms with Crippen LogP contribution in [0.3, 0.4) is 0 Å². The number of halogens is 1. The maximum Gasteiger partial charge on any atom is 0.254 e. The molecular weight excluding hydrogens is 254 g/mol. The Morgan fingerprint density at radius 3 is 3.11 bits per heavy atom. The Labute approximate surface area is 111 Å². The van der Waals surface area contributed by atoms with Crippen molar-refractivity contribution in [2.75, 3.05) is 26.3 Å². The van der Waals surface area contributed by atoms with Crippen LogP contribution in [-0.4, -0.2) is 48.3 Å². The van der Waals surface area contributed by atoms with Gasteiger partial charge in [0.2, 0.25) is 0 Å². The summed E-state index contributed by atoms with van der Waals surface area (Å²) in [5.74, 6) is -0.0586. The second-order valence-electron chi connectivity index (χ2n) is 4.39. The Kier molecular flexibility index (Phi) is 4.22. The molecule has 98 valence electrons. The zero-order valence-corrected chi connectivity index (χ0v) is 11.0. The molecule has 0 spiro atoms. The highest BCUT2D eigenvalue weighted by Gasteiger charge is 2.25. The van der Waals surface area contributed by atoms with Crippen molar-refractivity contribution in [1.82, 2.24) is 4.90 Å². The fourth-order valence-corrected chi connectivity index (χ4v) is 2.18. The van der Waals surface area contributed by atoms with Gasteiger partial charge in [0.15, 0.2) is 0 Å². The maximum absolute atomic E-state index is 12.4. The lowest BCUT2D eigenvalue weighted by Crippen LogP contribution is -2.47. The minimum atomic E-state index is -0.290. The third kappa shape index (κ3) is 2.83. The van der Waals surface area contributed by atoms with E-state index in [1.54, 1.807) is 17.0 Å². The van der Waals surface area contributed by atoms with Crippen LogP contribution >= 0.6 is 11.6 Å². The molecule has 1 aliphatic rings. The monoisotopic (exact) mass is 269 g/mol. The normalized spacial score (nSPS) is 19.9. The maximum atomic E-state index is 12.4. The van der Waals surface area contributed by atoms with Crippen molar-refractivity contribution in [3.05, 3.63) is 34.3 Å². The van der Waals surface area contributed by atoms with E-state index in [2.05, 4.69) is 0 Å². The topological polar surface area (TPSA) is 49.8 Å². The number of amides is 1. The predicted molar refractivity (Wildman–Crippen MR) is 68.9 cm³/mol. The number of aliphatic hydroxyl groups excluding tert-OH is 1. The lowest BCUT2D eigenvalue weighted by atomic mass is 10.1. The molecule has 5 heteroatoms. The summed E-state index contributed by atoms with van der Waals surface area (Å²) in [6.45, 7) is 3.23. The molecule has 1 saturated heterocycles. The summed E-state index contributed by atoms with van der Waals surface area (Å²) in [7, 11) is 0. The summed E-state index contributed by atoms with van der Waals surface area (Å²) in [6.07, 6.45) is -0.290. The summed E-state index contributed by atoms with van der Waals surface area (Å²) in [6, 6.07) is 5.28. The molecule has 1 heterocycles. The van der Waals surface area contributed by atoms with Crippen LogP contribution in [0.5, 0.6) is 0 Å². The van der Waals surface area contributed by atoms with Gasteiger partial charge in [-0.05, 0) is 24.6 Å². The number of rotatable bonds is 2. The van der Waals surface area contributed by atoms with Gasteiger partial charge in [-0.3, -0.25) is 4.79 Å². The molecule has 1 fully saturated rings. The van der Waals surface area contributed by atoms with Crippen molar-refractivity contribution < 1.29 is 14.6 Å². The van der Waals surface area contributed by atoms with Gasteiger partial charge in [-0.2, -0.15) is 0 Å². The first-order chi connectivity index (χ1) is 8.61. The minimum Gasteiger partial charge on any atom is -0.394 e. The number of benzene rings is 1. The van der Waals surface area contributed by atoms with Crippen LogP contribution < -0.4 is 0 Å². The van der Waals surface area contributed by atoms with Crippen LogP contribution in [0.4, 0.5) is 0 Å². The van der Waals surface area contributed by atoms with Crippen molar-refractivity contribution in [1.29, 1.82) is 0 Å². The molecule has 2 rings (SSSR count). The van der Waals surface area contributed by atoms with E-state index >= 15 is 0 Å². The van der Waals surface area contributed by atoms with Gasteiger partial charge < -0.3 is 14.7 Å². The van der Waals surface area contributed by atoms with Crippen LogP contribution in [0.25, 0.3) is 0 Å². The lowest BCUT2D eigenvalue weighted by Gasteiger charge is -2.32. The minimum absolute atomic E-state index is 0.0586. The van der Waals surface area contributed by atoms with Gasteiger partial charge in [0.05, 0.1) is 19.3 Å². The molecule has 0 aliphatic carbocycles. The van der Waals surface area contributed by atoms with E-state index in [1.165, 1.54) is 0 Å². The highest BCUT2D eigenvalue weighted by Crippen LogP contribution is 2.18. The highest BCUT2D eigenvalue weighted by atomic mass is 35.5. The molecule has 1 aromatic carbocycles. The van der Waals surface area contributed by atoms with Gasteiger partial charge in [-0.15, -0.1) is 0 Å². The molecule has 4 nitrogen and oxygen atoms in total. The molecule has 0 bridgehead atoms. The van der Waals surface area contributed by atoms with Crippen LogP contribution in [0.15, 0.2) is 18.2 Å². The zero-order chi connectivity index (χ0) is 13.1. The number of carbonyl (C=O) groups is 1. The van der Waals surface area contributed by atoms with E-state index in [9.17, 15) is 4.79 Å².